The molecule has 21 heavy (non-hydrogen) atoms. The van der Waals surface area contributed by atoms with E-state index >= 15 is 0 Å². The van der Waals surface area contributed by atoms with E-state index in [0.29, 0.717) is 22.8 Å². The van der Waals surface area contributed by atoms with E-state index < -0.39 is 9.84 Å². The van der Waals surface area contributed by atoms with Crippen LogP contribution in [0, 0.1) is 0 Å². The summed E-state index contributed by atoms with van der Waals surface area (Å²) in [4.78, 5) is 6.99. The second-order valence-corrected chi connectivity index (χ2v) is 8.04. The van der Waals surface area contributed by atoms with Crippen molar-refractivity contribution in [2.45, 2.75) is 49.1 Å². The zero-order chi connectivity index (χ0) is 14.9. The Morgan fingerprint density at radius 1 is 1.29 bits per heavy atom. The molecule has 0 bridgehead atoms. The van der Waals surface area contributed by atoms with Crippen LogP contribution < -0.4 is 10.2 Å². The number of rotatable bonds is 3. The number of hydrogen-bond donors (Lipinski definition) is 1. The van der Waals surface area contributed by atoms with Crippen LogP contribution in [0.4, 0.5) is 5.82 Å². The minimum Gasteiger partial charge on any atom is -0.351 e. The number of pyridine rings is 1. The molecule has 0 spiro atoms. The van der Waals surface area contributed by atoms with Crippen molar-refractivity contribution in [1.29, 1.82) is 0 Å². The van der Waals surface area contributed by atoms with Gasteiger partial charge in [0.15, 0.2) is 9.84 Å². The summed E-state index contributed by atoms with van der Waals surface area (Å²) >= 11 is 0. The molecule has 0 saturated carbocycles. The topological polar surface area (TPSA) is 62.3 Å². The van der Waals surface area contributed by atoms with Crippen LogP contribution in [0.15, 0.2) is 23.2 Å². The van der Waals surface area contributed by atoms with Crippen LogP contribution in [-0.2, 0) is 9.84 Å². The van der Waals surface area contributed by atoms with Crippen LogP contribution in [0.1, 0.15) is 32.1 Å². The van der Waals surface area contributed by atoms with Crippen LogP contribution in [0.2, 0.25) is 0 Å². The highest BCUT2D eigenvalue weighted by Gasteiger charge is 2.34. The summed E-state index contributed by atoms with van der Waals surface area (Å²) in [6.45, 7) is 1.96. The van der Waals surface area contributed by atoms with Gasteiger partial charge in [-0.2, -0.15) is 0 Å². The van der Waals surface area contributed by atoms with Crippen molar-refractivity contribution >= 4 is 15.7 Å². The van der Waals surface area contributed by atoms with Crippen molar-refractivity contribution in [3.63, 3.8) is 0 Å². The first-order valence-electron chi connectivity index (χ1n) is 7.72. The highest BCUT2D eigenvalue weighted by Crippen LogP contribution is 2.31. The molecule has 0 aliphatic carbocycles. The van der Waals surface area contributed by atoms with Crippen LogP contribution >= 0.6 is 0 Å². The molecule has 1 aromatic rings. The predicted molar refractivity (Wildman–Crippen MR) is 83.4 cm³/mol. The lowest BCUT2D eigenvalue weighted by molar-refractivity contribution is 0.374. The first-order valence-corrected chi connectivity index (χ1v) is 9.61. The average molecular weight is 309 g/mol. The molecule has 3 rings (SSSR count). The molecule has 6 heteroatoms. The fourth-order valence-corrected chi connectivity index (χ4v) is 4.39. The SMILES string of the molecule is CS(=O)(=O)c1cccnc1N1CCCCC1C1CCCN1. The van der Waals surface area contributed by atoms with Crippen molar-refractivity contribution in [2.75, 3.05) is 24.2 Å². The summed E-state index contributed by atoms with van der Waals surface area (Å²) in [5.74, 6) is 0.637. The quantitative estimate of drug-likeness (QED) is 0.919. The molecular weight excluding hydrogens is 286 g/mol. The Kier molecular flexibility index (Phi) is 4.17. The Morgan fingerprint density at radius 2 is 2.14 bits per heavy atom. The van der Waals surface area contributed by atoms with E-state index in [0.717, 1.165) is 25.9 Å². The second kappa shape index (κ2) is 5.93. The Labute approximate surface area is 126 Å². The summed E-state index contributed by atoms with van der Waals surface area (Å²) in [5, 5.41) is 3.57. The molecule has 2 aliphatic rings. The van der Waals surface area contributed by atoms with Gasteiger partial charge in [0.2, 0.25) is 0 Å². The monoisotopic (exact) mass is 309 g/mol. The summed E-state index contributed by atoms with van der Waals surface area (Å²) in [5.41, 5.74) is 0. The third kappa shape index (κ3) is 3.06. The van der Waals surface area contributed by atoms with E-state index in [9.17, 15) is 8.42 Å². The van der Waals surface area contributed by atoms with Crippen molar-refractivity contribution in [2.24, 2.45) is 0 Å². The van der Waals surface area contributed by atoms with E-state index in [4.69, 9.17) is 0 Å². The van der Waals surface area contributed by atoms with E-state index in [1.165, 1.54) is 25.5 Å². The number of aromatic nitrogens is 1. The lowest BCUT2D eigenvalue weighted by Gasteiger charge is -2.40. The summed E-state index contributed by atoms with van der Waals surface area (Å²) in [6, 6.07) is 4.19. The minimum atomic E-state index is -3.25. The fourth-order valence-electron chi connectivity index (χ4n) is 3.57. The lowest BCUT2D eigenvalue weighted by Crippen LogP contribution is -2.51. The van der Waals surface area contributed by atoms with Gasteiger partial charge in [0.1, 0.15) is 10.7 Å². The summed E-state index contributed by atoms with van der Waals surface area (Å²) in [7, 11) is -3.25. The van der Waals surface area contributed by atoms with Gasteiger partial charge < -0.3 is 10.2 Å². The first kappa shape index (κ1) is 14.8. The molecule has 2 aliphatic heterocycles. The van der Waals surface area contributed by atoms with Crippen molar-refractivity contribution in [1.82, 2.24) is 10.3 Å². The zero-order valence-electron chi connectivity index (χ0n) is 12.5. The molecule has 1 N–H and O–H groups in total. The normalized spacial score (nSPS) is 27.0. The molecule has 2 atom stereocenters. The Hall–Kier alpha value is -1.14. The number of nitrogens with zero attached hydrogens (tertiary/aromatic N) is 2. The van der Waals surface area contributed by atoms with Gasteiger partial charge in [0, 0.05) is 31.1 Å². The minimum absolute atomic E-state index is 0.356. The average Bonchev–Trinajstić information content (AvgIpc) is 3.00. The smallest absolute Gasteiger partial charge is 0.179 e. The molecule has 1 aromatic heterocycles. The maximum Gasteiger partial charge on any atom is 0.179 e. The van der Waals surface area contributed by atoms with Gasteiger partial charge in [-0.15, -0.1) is 0 Å². The molecule has 0 aromatic carbocycles. The van der Waals surface area contributed by atoms with E-state index in [2.05, 4.69) is 15.2 Å². The number of nitrogens with one attached hydrogen (secondary N) is 1. The molecule has 2 fully saturated rings. The Bertz CT molecular complexity index is 597. The third-order valence-corrected chi connectivity index (χ3v) is 5.65. The Morgan fingerprint density at radius 3 is 2.86 bits per heavy atom. The van der Waals surface area contributed by atoms with Crippen LogP contribution in [-0.4, -0.2) is 44.8 Å². The molecule has 116 valence electrons. The van der Waals surface area contributed by atoms with Crippen LogP contribution in [0.3, 0.4) is 0 Å². The molecule has 0 amide bonds. The van der Waals surface area contributed by atoms with Gasteiger partial charge in [-0.1, -0.05) is 0 Å². The van der Waals surface area contributed by atoms with Crippen molar-refractivity contribution in [3.8, 4) is 0 Å². The molecule has 3 heterocycles. The number of sulfone groups is 1. The van der Waals surface area contributed by atoms with Gasteiger partial charge in [-0.3, -0.25) is 0 Å². The maximum absolute atomic E-state index is 12.0. The van der Waals surface area contributed by atoms with E-state index in [-0.39, 0.29) is 0 Å². The van der Waals surface area contributed by atoms with Gasteiger partial charge in [-0.25, -0.2) is 13.4 Å². The standard InChI is InChI=1S/C15H23N3O2S/c1-21(19,20)14-8-5-10-17-15(14)18-11-3-2-7-13(18)12-6-4-9-16-12/h5,8,10,12-13,16H,2-4,6-7,9,11H2,1H3. The van der Waals surface area contributed by atoms with Crippen LogP contribution in [0.5, 0.6) is 0 Å². The zero-order valence-corrected chi connectivity index (χ0v) is 13.3. The number of piperidine rings is 1. The highest BCUT2D eigenvalue weighted by atomic mass is 32.2. The lowest BCUT2D eigenvalue weighted by atomic mass is 9.94. The van der Waals surface area contributed by atoms with Gasteiger partial charge in [0.25, 0.3) is 0 Å². The molecule has 2 unspecified atom stereocenters. The maximum atomic E-state index is 12.0. The second-order valence-electron chi connectivity index (χ2n) is 6.06. The Balaban J connectivity index is 1.97. The van der Waals surface area contributed by atoms with E-state index in [1.807, 2.05) is 0 Å². The largest absolute Gasteiger partial charge is 0.351 e. The number of anilines is 1. The van der Waals surface area contributed by atoms with E-state index in [1.54, 1.807) is 18.3 Å². The summed E-state index contributed by atoms with van der Waals surface area (Å²) < 4.78 is 24.1. The van der Waals surface area contributed by atoms with Crippen LogP contribution in [0.25, 0.3) is 0 Å². The van der Waals surface area contributed by atoms with Crippen molar-refractivity contribution in [3.05, 3.63) is 18.3 Å². The predicted octanol–water partition coefficient (Wildman–Crippen LogP) is 1.60. The first-order chi connectivity index (χ1) is 10.1. The van der Waals surface area contributed by atoms with Gasteiger partial charge in [0.05, 0.1) is 0 Å². The molecule has 0 radical (unpaired) electrons. The van der Waals surface area contributed by atoms with Gasteiger partial charge in [-0.05, 0) is 50.8 Å². The van der Waals surface area contributed by atoms with Gasteiger partial charge >= 0.3 is 0 Å². The van der Waals surface area contributed by atoms with Crippen molar-refractivity contribution < 1.29 is 8.42 Å². The highest BCUT2D eigenvalue weighted by molar-refractivity contribution is 7.90. The molecular formula is C15H23N3O2S. The fraction of sp³-hybridized carbons (Fsp3) is 0.667. The molecule has 2 saturated heterocycles. The molecule has 5 nitrogen and oxygen atoms in total. The summed E-state index contributed by atoms with van der Waals surface area (Å²) in [6.07, 6.45) is 8.75. The number of hydrogen-bond acceptors (Lipinski definition) is 5. The third-order valence-electron chi connectivity index (χ3n) is 4.53.